The highest BCUT2D eigenvalue weighted by molar-refractivity contribution is 7.92. The zero-order valence-corrected chi connectivity index (χ0v) is 17.4. The van der Waals surface area contributed by atoms with Crippen LogP contribution in [-0.2, 0) is 10.0 Å². The van der Waals surface area contributed by atoms with E-state index >= 15 is 0 Å². The molecule has 3 rings (SSSR count). The van der Waals surface area contributed by atoms with E-state index in [1.165, 1.54) is 25.6 Å². The smallest absolute Gasteiger partial charge is 0.255 e. The molecule has 1 aliphatic rings. The van der Waals surface area contributed by atoms with E-state index in [0.29, 0.717) is 47.2 Å². The van der Waals surface area contributed by atoms with Gasteiger partial charge < -0.3 is 19.5 Å². The van der Waals surface area contributed by atoms with E-state index in [-0.39, 0.29) is 11.7 Å². The van der Waals surface area contributed by atoms with E-state index in [1.54, 1.807) is 36.4 Å². The lowest BCUT2D eigenvalue weighted by atomic mass is 10.1. The molecule has 29 heavy (non-hydrogen) atoms. The molecule has 1 saturated heterocycles. The number of hydrogen-bond acceptors (Lipinski definition) is 6. The van der Waals surface area contributed by atoms with Crippen LogP contribution in [0.4, 0.5) is 11.4 Å². The summed E-state index contributed by atoms with van der Waals surface area (Å²) in [6, 6.07) is 9.82. The number of benzene rings is 2. The number of amides is 1. The molecule has 2 aromatic rings. The molecule has 9 heteroatoms. The summed E-state index contributed by atoms with van der Waals surface area (Å²) in [4.78, 5) is 12.8. The van der Waals surface area contributed by atoms with Crippen LogP contribution < -0.4 is 23.8 Å². The van der Waals surface area contributed by atoms with Crippen molar-refractivity contribution >= 4 is 27.3 Å². The maximum atomic E-state index is 12.8. The SMILES string of the molecule is COc1cc(NC(=O)c2cccc(N3CCCCS3(=O)=O)c2)cc(OC)c1OC. The van der Waals surface area contributed by atoms with Gasteiger partial charge in [0.25, 0.3) is 5.91 Å². The lowest BCUT2D eigenvalue weighted by Gasteiger charge is -2.28. The second kappa shape index (κ2) is 8.60. The average molecular weight is 420 g/mol. The Morgan fingerprint density at radius 1 is 1.00 bits per heavy atom. The molecule has 1 amide bonds. The van der Waals surface area contributed by atoms with Gasteiger partial charge in [-0.3, -0.25) is 9.10 Å². The van der Waals surface area contributed by atoms with Gasteiger partial charge in [-0.15, -0.1) is 0 Å². The Kier molecular flexibility index (Phi) is 6.17. The first-order chi connectivity index (χ1) is 13.9. The minimum atomic E-state index is -3.35. The molecule has 0 saturated carbocycles. The Morgan fingerprint density at radius 2 is 1.69 bits per heavy atom. The fourth-order valence-electron chi connectivity index (χ4n) is 3.24. The Balaban J connectivity index is 1.87. The Bertz CT molecular complexity index is 981. The minimum Gasteiger partial charge on any atom is -0.493 e. The summed E-state index contributed by atoms with van der Waals surface area (Å²) in [5.74, 6) is 0.987. The molecule has 0 aliphatic carbocycles. The number of ether oxygens (including phenoxy) is 3. The van der Waals surface area contributed by atoms with Gasteiger partial charge in [-0.2, -0.15) is 0 Å². The van der Waals surface area contributed by atoms with Crippen molar-refractivity contribution in [3.8, 4) is 17.2 Å². The Morgan fingerprint density at radius 3 is 2.28 bits per heavy atom. The van der Waals surface area contributed by atoms with E-state index in [1.807, 2.05) is 0 Å². The summed E-state index contributed by atoms with van der Waals surface area (Å²) < 4.78 is 41.9. The maximum Gasteiger partial charge on any atom is 0.255 e. The summed E-state index contributed by atoms with van der Waals surface area (Å²) in [6.45, 7) is 0.417. The first-order valence-electron chi connectivity index (χ1n) is 9.11. The molecule has 0 aromatic heterocycles. The minimum absolute atomic E-state index is 0.120. The molecule has 0 radical (unpaired) electrons. The molecular formula is C20H24N2O6S. The number of nitrogens with one attached hydrogen (secondary N) is 1. The van der Waals surface area contributed by atoms with Crippen LogP contribution in [0.3, 0.4) is 0 Å². The lowest BCUT2D eigenvalue weighted by Crippen LogP contribution is -2.37. The highest BCUT2D eigenvalue weighted by atomic mass is 32.2. The van der Waals surface area contributed by atoms with E-state index in [2.05, 4.69) is 5.32 Å². The molecule has 0 atom stereocenters. The molecule has 0 unspecified atom stereocenters. The van der Waals surface area contributed by atoms with Crippen LogP contribution in [0.15, 0.2) is 36.4 Å². The van der Waals surface area contributed by atoms with E-state index in [0.717, 1.165) is 6.42 Å². The third-order valence-corrected chi connectivity index (χ3v) is 6.54. The lowest BCUT2D eigenvalue weighted by molar-refractivity contribution is 0.102. The van der Waals surface area contributed by atoms with Gasteiger partial charge in [-0.05, 0) is 31.0 Å². The fourth-order valence-corrected chi connectivity index (χ4v) is 4.87. The van der Waals surface area contributed by atoms with Crippen LogP contribution in [0.5, 0.6) is 17.2 Å². The second-order valence-electron chi connectivity index (χ2n) is 6.51. The first kappa shape index (κ1) is 20.8. The van der Waals surface area contributed by atoms with Crippen molar-refractivity contribution in [2.75, 3.05) is 43.2 Å². The monoisotopic (exact) mass is 420 g/mol. The number of carbonyl (C=O) groups excluding carboxylic acids is 1. The van der Waals surface area contributed by atoms with Crippen molar-refractivity contribution < 1.29 is 27.4 Å². The first-order valence-corrected chi connectivity index (χ1v) is 10.7. The molecular weight excluding hydrogens is 396 g/mol. The van der Waals surface area contributed by atoms with Crippen molar-refractivity contribution in [3.05, 3.63) is 42.0 Å². The maximum absolute atomic E-state index is 12.8. The summed E-state index contributed by atoms with van der Waals surface area (Å²) in [5, 5.41) is 2.79. The quantitative estimate of drug-likeness (QED) is 0.772. The van der Waals surface area contributed by atoms with Gasteiger partial charge in [0.1, 0.15) is 0 Å². The number of nitrogens with zero attached hydrogens (tertiary/aromatic N) is 1. The van der Waals surface area contributed by atoms with Crippen LogP contribution in [0.2, 0.25) is 0 Å². The molecule has 1 fully saturated rings. The topological polar surface area (TPSA) is 94.2 Å². The molecule has 0 spiro atoms. The standard InChI is InChI=1S/C20H24N2O6S/c1-26-17-12-15(13-18(27-2)19(17)28-3)21-20(23)14-7-6-8-16(11-14)22-9-4-5-10-29(22,24)25/h6-8,11-13H,4-5,9-10H2,1-3H3,(H,21,23). The third kappa shape index (κ3) is 4.40. The summed E-state index contributed by atoms with van der Waals surface area (Å²) in [5.41, 5.74) is 1.29. The predicted octanol–water partition coefficient (Wildman–Crippen LogP) is 2.89. The van der Waals surface area contributed by atoms with Crippen molar-refractivity contribution in [1.29, 1.82) is 0 Å². The van der Waals surface area contributed by atoms with Crippen molar-refractivity contribution in [3.63, 3.8) is 0 Å². The number of rotatable bonds is 6. The molecule has 1 N–H and O–H groups in total. The van der Waals surface area contributed by atoms with Gasteiger partial charge in [0.15, 0.2) is 11.5 Å². The number of hydrogen-bond donors (Lipinski definition) is 1. The molecule has 1 heterocycles. The summed E-state index contributed by atoms with van der Waals surface area (Å²) in [6.07, 6.45) is 1.45. The predicted molar refractivity (Wildman–Crippen MR) is 111 cm³/mol. The van der Waals surface area contributed by atoms with E-state index in [9.17, 15) is 13.2 Å². The third-order valence-electron chi connectivity index (χ3n) is 4.67. The average Bonchev–Trinajstić information content (AvgIpc) is 2.72. The molecule has 1 aliphatic heterocycles. The number of methoxy groups -OCH3 is 3. The normalized spacial score (nSPS) is 15.5. The van der Waals surface area contributed by atoms with Gasteiger partial charge >= 0.3 is 0 Å². The molecule has 2 aromatic carbocycles. The summed E-state index contributed by atoms with van der Waals surface area (Å²) in [7, 11) is 1.13. The van der Waals surface area contributed by atoms with Crippen LogP contribution in [-0.4, -0.2) is 48.0 Å². The second-order valence-corrected chi connectivity index (χ2v) is 8.53. The number of carbonyl (C=O) groups is 1. The molecule has 156 valence electrons. The molecule has 8 nitrogen and oxygen atoms in total. The van der Waals surface area contributed by atoms with E-state index in [4.69, 9.17) is 14.2 Å². The largest absolute Gasteiger partial charge is 0.493 e. The van der Waals surface area contributed by atoms with Crippen LogP contribution in [0, 0.1) is 0 Å². The molecule has 0 bridgehead atoms. The highest BCUT2D eigenvalue weighted by Gasteiger charge is 2.26. The summed E-state index contributed by atoms with van der Waals surface area (Å²) >= 11 is 0. The Hall–Kier alpha value is -2.94. The van der Waals surface area contributed by atoms with Gasteiger partial charge in [-0.1, -0.05) is 6.07 Å². The van der Waals surface area contributed by atoms with E-state index < -0.39 is 10.0 Å². The zero-order valence-electron chi connectivity index (χ0n) is 16.6. The number of anilines is 2. The Labute approximate surface area is 170 Å². The van der Waals surface area contributed by atoms with Crippen molar-refractivity contribution in [2.24, 2.45) is 0 Å². The van der Waals surface area contributed by atoms with Crippen LogP contribution in [0.1, 0.15) is 23.2 Å². The van der Waals surface area contributed by atoms with Gasteiger partial charge in [-0.25, -0.2) is 8.42 Å². The van der Waals surface area contributed by atoms with Crippen LogP contribution in [0.25, 0.3) is 0 Å². The van der Waals surface area contributed by atoms with Gasteiger partial charge in [0.05, 0.1) is 32.8 Å². The highest BCUT2D eigenvalue weighted by Crippen LogP contribution is 2.40. The zero-order chi connectivity index (χ0) is 21.0. The van der Waals surface area contributed by atoms with Crippen molar-refractivity contribution in [2.45, 2.75) is 12.8 Å². The van der Waals surface area contributed by atoms with Crippen molar-refractivity contribution in [1.82, 2.24) is 0 Å². The van der Waals surface area contributed by atoms with Crippen LogP contribution >= 0.6 is 0 Å². The number of sulfonamides is 1. The van der Waals surface area contributed by atoms with Gasteiger partial charge in [0, 0.05) is 29.9 Å². The van der Waals surface area contributed by atoms with Gasteiger partial charge in [0.2, 0.25) is 15.8 Å². The fraction of sp³-hybridized carbons (Fsp3) is 0.350.